The van der Waals surface area contributed by atoms with Gasteiger partial charge in [0.05, 0.1) is 0 Å². The van der Waals surface area contributed by atoms with E-state index in [1.54, 1.807) is 0 Å². The van der Waals surface area contributed by atoms with Crippen molar-refractivity contribution in [1.29, 1.82) is 0 Å². The Bertz CT molecular complexity index is 63.2. The minimum atomic E-state index is -4.61. The summed E-state index contributed by atoms with van der Waals surface area (Å²) in [6.07, 6.45) is 0. The molecule has 0 aromatic carbocycles. The molecule has 40 nitrogen and oxygen atoms in total. The van der Waals surface area contributed by atoms with E-state index in [0.29, 0.717) is 0 Å². The number of hydrogen-bond acceptors (Lipinski definition) is 8. The molecule has 0 aliphatic heterocycles. The summed E-state index contributed by atoms with van der Waals surface area (Å²) in [5.41, 5.74) is 0. The van der Waals surface area contributed by atoms with Crippen LogP contribution in [0.15, 0.2) is 0 Å². The maximum absolute atomic E-state index is 7.33. The van der Waals surface area contributed by atoms with Gasteiger partial charge < -0.3 is 216 Å². The van der Waals surface area contributed by atoms with Crippen LogP contribution in [0, 0.1) is 0 Å². The van der Waals surface area contributed by atoms with Crippen LogP contribution in [0.5, 0.6) is 0 Å². The van der Waals surface area contributed by atoms with Gasteiger partial charge in [0.15, 0.2) is 0 Å². The minimum Gasteiger partial charge on any atom is -0.870 e. The third-order valence-electron chi connectivity index (χ3n) is 0. The molecule has 53 heavy (non-hydrogen) atoms. The SMILES string of the molecule is O.O.O.O.O.O.O.O.O.O.O.O.O.O.O.O.O.O.O.O.O.O.O.O.O.O.O.O.O.O.O.O.O[Si](O)(O)O.[Mo].[Mo].[Mo].[Mo].[Mo].[Mo].[Mo].[Mo].[Mo].[Mo].[Mo].[Mo].[OH-].[OH-].[OH-].[OH-]. The summed E-state index contributed by atoms with van der Waals surface area (Å²) in [4.78, 5) is 29.3. The summed E-state index contributed by atoms with van der Waals surface area (Å²) in [6, 6.07) is 0. The Balaban J connectivity index is -0.0000000000709. The third-order valence-corrected chi connectivity index (χ3v) is 0. The van der Waals surface area contributed by atoms with Gasteiger partial charge in [-0.2, -0.15) is 0 Å². The third kappa shape index (κ3) is 4030. The Morgan fingerprint density at radius 3 is 0.132 bits per heavy atom. The van der Waals surface area contributed by atoms with E-state index in [-0.39, 0.29) is 450 Å². The van der Waals surface area contributed by atoms with E-state index in [4.69, 9.17) is 19.2 Å². The van der Waals surface area contributed by atoms with Crippen LogP contribution >= 0.6 is 0 Å². The van der Waals surface area contributed by atoms with Crippen molar-refractivity contribution in [3.8, 4) is 0 Å². The van der Waals surface area contributed by atoms with Crippen molar-refractivity contribution in [1.82, 2.24) is 0 Å². The van der Waals surface area contributed by atoms with E-state index in [2.05, 4.69) is 0 Å². The second-order valence-electron chi connectivity index (χ2n) is 0.600. The van der Waals surface area contributed by atoms with Crippen LogP contribution in [0.25, 0.3) is 0 Å². The molecule has 0 rings (SSSR count). The van der Waals surface area contributed by atoms with Crippen LogP contribution in [0.3, 0.4) is 0 Å². The van der Waals surface area contributed by atoms with E-state index >= 15 is 0 Å². The van der Waals surface area contributed by atoms with Crippen molar-refractivity contribution in [3.63, 3.8) is 0 Å². The van der Waals surface area contributed by atoms with E-state index in [1.165, 1.54) is 0 Å². The molecule has 0 radical (unpaired) electrons. The van der Waals surface area contributed by atoms with E-state index in [9.17, 15) is 0 Å². The van der Waals surface area contributed by atoms with Gasteiger partial charge in [-0.3, -0.25) is 0 Å². The normalized spacial score (nSPS) is 1.13. The smallest absolute Gasteiger partial charge is 0.668 e. The molecule has 0 spiro atoms. The predicted molar refractivity (Wildman–Crippen MR) is 138 cm³/mol. The molecule has 0 aromatic rings. The first-order valence-corrected chi connectivity index (χ1v) is 2.68. The molecule has 392 valence electrons. The summed E-state index contributed by atoms with van der Waals surface area (Å²) >= 11 is 0. The van der Waals surface area contributed by atoms with Gasteiger partial charge in [-0.05, 0) is 0 Å². The molecule has 53 heteroatoms. The second-order valence-corrected chi connectivity index (χ2v) is 1.80. The Kier molecular flexibility index (Phi) is 39400. The fraction of sp³-hybridized carbons (Fsp3) is 0. The second kappa shape index (κ2) is 1190. The summed E-state index contributed by atoms with van der Waals surface area (Å²) in [5, 5.41) is 0. The topological polar surface area (TPSA) is 1210 Å². The van der Waals surface area contributed by atoms with Gasteiger partial charge in [-0.1, -0.05) is 0 Å². The minimum absolute atomic E-state index is 0. The molecule has 0 fully saturated rings. The Morgan fingerprint density at radius 1 is 0.132 bits per heavy atom. The van der Waals surface area contributed by atoms with Crippen molar-refractivity contribution < 1.29 is 469 Å². The van der Waals surface area contributed by atoms with Crippen LogP contribution in [-0.4, -0.2) is 225 Å². The van der Waals surface area contributed by atoms with Gasteiger partial charge >= 0.3 is 9.05 Å². The van der Waals surface area contributed by atoms with Crippen molar-refractivity contribution in [2.24, 2.45) is 0 Å². The van der Waals surface area contributed by atoms with E-state index in [1.807, 2.05) is 0 Å². The van der Waals surface area contributed by atoms with Gasteiger partial charge in [-0.25, -0.2) is 0 Å². The Morgan fingerprint density at radius 2 is 0.132 bits per heavy atom. The molecule has 0 saturated heterocycles. The number of rotatable bonds is 0. The summed E-state index contributed by atoms with van der Waals surface area (Å²) in [6.45, 7) is 0. The van der Waals surface area contributed by atoms with Gasteiger partial charge in [0.25, 0.3) is 0 Å². The monoisotopic (exact) mass is 1920 g/mol. The molecule has 0 aromatic heterocycles. The number of hydrogen-bond donors (Lipinski definition) is 4. The van der Waals surface area contributed by atoms with Crippen LogP contribution in [0.1, 0.15) is 0 Å². The molecule has 0 atom stereocenters. The van der Waals surface area contributed by atoms with Crippen molar-refractivity contribution in [2.75, 3.05) is 0 Å². The first-order chi connectivity index (χ1) is 2.00. The molecule has 0 aliphatic carbocycles. The van der Waals surface area contributed by atoms with Crippen molar-refractivity contribution >= 4 is 9.05 Å². The van der Waals surface area contributed by atoms with Crippen LogP contribution < -0.4 is 0 Å². The molecule has 0 heterocycles. The van der Waals surface area contributed by atoms with Crippen LogP contribution in [-0.2, 0) is 253 Å². The van der Waals surface area contributed by atoms with Gasteiger partial charge in [0.2, 0.25) is 0 Å². The molecule has 0 bridgehead atoms. The Labute approximate surface area is 471 Å². The molecule has 0 aliphatic rings. The average Bonchev–Trinajstić information content (AvgIpc) is 0.722. The van der Waals surface area contributed by atoms with Gasteiger partial charge in [0, 0.05) is 253 Å². The summed E-state index contributed by atoms with van der Waals surface area (Å²) in [5.74, 6) is 0. The van der Waals surface area contributed by atoms with Crippen LogP contribution in [0.2, 0.25) is 0 Å². The zero-order chi connectivity index (χ0) is 4.50. The van der Waals surface area contributed by atoms with E-state index in [0.717, 1.165) is 0 Å². The molecule has 0 saturated carbocycles. The Hall–Kier alpha value is 6.88. The first-order valence-electron chi connectivity index (χ1n) is 0.894. The average molecular weight is 1890 g/mol. The van der Waals surface area contributed by atoms with Crippen LogP contribution in [0.4, 0.5) is 0 Å². The standard InChI is InChI=1S/12Mo.H4O4Si.36H2O/c;;;;;;;;;;;;1-5(2,3)4;;;;;;;;;;;;;;;;;;;;;;;;;;;;;;;;;;;;/h;;;;;;;;;;;;1-4H;36*1H2/p-4. The van der Waals surface area contributed by atoms with Gasteiger partial charge in [0.1, 0.15) is 0 Å². The maximum Gasteiger partial charge on any atom is 0.668 e. The van der Waals surface area contributed by atoms with Crippen molar-refractivity contribution in [2.45, 2.75) is 0 Å². The predicted octanol–water partition coefficient (Wildman–Crippen LogP) is -29.7. The fourth-order valence-corrected chi connectivity index (χ4v) is 0. The molecule has 0 unspecified atom stereocenters. The zero-order valence-electron chi connectivity index (χ0n) is 25.0. The quantitative estimate of drug-likeness (QED) is 0.168. The van der Waals surface area contributed by atoms with E-state index < -0.39 is 9.05 Å². The maximum atomic E-state index is 7.33. The fourth-order valence-electron chi connectivity index (χ4n) is 0. The molecule has 0 amide bonds. The summed E-state index contributed by atoms with van der Waals surface area (Å²) < 4.78 is 0. The molecule has 72 N–H and O–H groups in total. The summed E-state index contributed by atoms with van der Waals surface area (Å²) in [7, 11) is -4.61. The van der Waals surface area contributed by atoms with Crippen molar-refractivity contribution in [3.05, 3.63) is 0 Å². The zero-order valence-corrected chi connectivity index (χ0v) is 50.1. The molecular weight excluding hydrogens is 1820 g/mol. The first kappa shape index (κ1) is 1750. The largest absolute Gasteiger partial charge is 0.870 e. The van der Waals surface area contributed by atoms with Gasteiger partial charge in [-0.15, -0.1) is 0 Å². The molecular formula is H72Mo12O40Si-4.